The summed E-state index contributed by atoms with van der Waals surface area (Å²) in [4.78, 5) is 23.8. The monoisotopic (exact) mass is 271 g/mol. The molecule has 0 saturated carbocycles. The number of carbonyl (C=O) groups excluding carboxylic acids is 2. The average molecular weight is 271 g/mol. The minimum atomic E-state index is -0.775. The first-order valence-corrected chi connectivity index (χ1v) is 6.16. The molecule has 20 heavy (non-hydrogen) atoms. The van der Waals surface area contributed by atoms with E-state index in [1.807, 2.05) is 6.92 Å². The highest BCUT2D eigenvalue weighted by Crippen LogP contribution is 2.16. The normalized spacial score (nSPS) is 10.2. The number of hydrogen-bond donors (Lipinski definition) is 1. The van der Waals surface area contributed by atoms with E-state index in [4.69, 9.17) is 0 Å². The van der Waals surface area contributed by atoms with Crippen LogP contribution in [0.4, 0.5) is 10.1 Å². The van der Waals surface area contributed by atoms with Gasteiger partial charge in [0.15, 0.2) is 0 Å². The third kappa shape index (κ3) is 3.09. The summed E-state index contributed by atoms with van der Waals surface area (Å²) in [5.41, 5.74) is 2.30. The van der Waals surface area contributed by atoms with Crippen molar-refractivity contribution >= 4 is 17.4 Å². The van der Waals surface area contributed by atoms with Gasteiger partial charge >= 0.3 is 0 Å². The smallest absolute Gasteiger partial charge is 0.296 e. The van der Waals surface area contributed by atoms with Crippen molar-refractivity contribution in [2.45, 2.75) is 13.8 Å². The second kappa shape index (κ2) is 5.65. The molecule has 4 heteroatoms. The van der Waals surface area contributed by atoms with E-state index in [-0.39, 0.29) is 0 Å². The van der Waals surface area contributed by atoms with Crippen LogP contribution in [0.25, 0.3) is 0 Å². The van der Waals surface area contributed by atoms with E-state index in [9.17, 15) is 14.0 Å². The van der Waals surface area contributed by atoms with Crippen LogP contribution in [0.3, 0.4) is 0 Å². The highest BCUT2D eigenvalue weighted by atomic mass is 19.1. The van der Waals surface area contributed by atoms with Crippen molar-refractivity contribution in [3.05, 3.63) is 65.0 Å². The summed E-state index contributed by atoms with van der Waals surface area (Å²) in [6.45, 7) is 3.62. The minimum absolute atomic E-state index is 0.301. The summed E-state index contributed by atoms with van der Waals surface area (Å²) in [6.07, 6.45) is 0. The van der Waals surface area contributed by atoms with Gasteiger partial charge in [-0.2, -0.15) is 0 Å². The molecule has 0 aliphatic heterocycles. The number of nitrogens with one attached hydrogen (secondary N) is 1. The number of halogens is 1. The van der Waals surface area contributed by atoms with Crippen LogP contribution in [0.1, 0.15) is 21.5 Å². The van der Waals surface area contributed by atoms with Crippen LogP contribution in [-0.4, -0.2) is 11.7 Å². The predicted molar refractivity (Wildman–Crippen MR) is 75.3 cm³/mol. The molecule has 0 aliphatic rings. The number of rotatable bonds is 3. The Morgan fingerprint density at radius 1 is 1.00 bits per heavy atom. The largest absolute Gasteiger partial charge is 0.319 e. The SMILES string of the molecule is Cc1ccc(C(=O)C(=O)Nc2cc(F)ccc2C)cc1. The van der Waals surface area contributed by atoms with Gasteiger partial charge in [0.1, 0.15) is 5.82 Å². The summed E-state index contributed by atoms with van der Waals surface area (Å²) in [5.74, 6) is -1.88. The maximum atomic E-state index is 13.1. The number of anilines is 1. The molecule has 0 radical (unpaired) electrons. The Morgan fingerprint density at radius 2 is 1.65 bits per heavy atom. The number of aryl methyl sites for hydroxylation is 2. The van der Waals surface area contributed by atoms with Gasteiger partial charge in [0.25, 0.3) is 11.7 Å². The number of carbonyl (C=O) groups is 2. The van der Waals surface area contributed by atoms with Crippen LogP contribution in [0.15, 0.2) is 42.5 Å². The lowest BCUT2D eigenvalue weighted by atomic mass is 10.1. The molecule has 2 aromatic rings. The van der Waals surface area contributed by atoms with Crippen LogP contribution in [-0.2, 0) is 4.79 Å². The van der Waals surface area contributed by atoms with Crippen molar-refractivity contribution in [1.82, 2.24) is 0 Å². The van der Waals surface area contributed by atoms with Gasteiger partial charge in [-0.25, -0.2) is 4.39 Å². The topological polar surface area (TPSA) is 46.2 Å². The summed E-state index contributed by atoms with van der Waals surface area (Å²) in [7, 11) is 0. The van der Waals surface area contributed by atoms with Gasteiger partial charge in [-0.05, 0) is 31.5 Å². The molecule has 0 unspecified atom stereocenters. The van der Waals surface area contributed by atoms with E-state index in [0.717, 1.165) is 5.56 Å². The summed E-state index contributed by atoms with van der Waals surface area (Å²) in [6, 6.07) is 10.7. The molecule has 2 rings (SSSR count). The lowest BCUT2D eigenvalue weighted by Gasteiger charge is -2.08. The van der Waals surface area contributed by atoms with Crippen LogP contribution >= 0.6 is 0 Å². The number of benzene rings is 2. The Hall–Kier alpha value is -2.49. The van der Waals surface area contributed by atoms with Crippen LogP contribution in [0.2, 0.25) is 0 Å². The Labute approximate surface area is 116 Å². The fourth-order valence-electron chi connectivity index (χ4n) is 1.74. The van der Waals surface area contributed by atoms with Crippen molar-refractivity contribution in [2.24, 2.45) is 0 Å². The Balaban J connectivity index is 2.17. The van der Waals surface area contributed by atoms with E-state index < -0.39 is 17.5 Å². The van der Waals surface area contributed by atoms with Crippen molar-refractivity contribution in [1.29, 1.82) is 0 Å². The molecule has 0 atom stereocenters. The molecule has 0 fully saturated rings. The lowest BCUT2D eigenvalue weighted by Crippen LogP contribution is -2.23. The van der Waals surface area contributed by atoms with Gasteiger partial charge in [-0.1, -0.05) is 35.9 Å². The number of amides is 1. The van der Waals surface area contributed by atoms with E-state index in [1.165, 1.54) is 12.1 Å². The van der Waals surface area contributed by atoms with Crippen molar-refractivity contribution in [3.63, 3.8) is 0 Å². The number of ketones is 1. The fraction of sp³-hybridized carbons (Fsp3) is 0.125. The van der Waals surface area contributed by atoms with E-state index >= 15 is 0 Å². The molecule has 102 valence electrons. The first kappa shape index (κ1) is 13.9. The molecule has 0 bridgehead atoms. The van der Waals surface area contributed by atoms with E-state index in [1.54, 1.807) is 37.3 Å². The Kier molecular flexibility index (Phi) is 3.94. The van der Waals surface area contributed by atoms with Crippen molar-refractivity contribution in [2.75, 3.05) is 5.32 Å². The molecule has 0 saturated heterocycles. The quantitative estimate of drug-likeness (QED) is 0.688. The highest BCUT2D eigenvalue weighted by Gasteiger charge is 2.17. The van der Waals surface area contributed by atoms with E-state index in [0.29, 0.717) is 16.8 Å². The Morgan fingerprint density at radius 3 is 2.30 bits per heavy atom. The molecule has 3 nitrogen and oxygen atoms in total. The molecular formula is C16H14FNO2. The van der Waals surface area contributed by atoms with Gasteiger partial charge < -0.3 is 5.32 Å². The first-order chi connectivity index (χ1) is 9.47. The van der Waals surface area contributed by atoms with Crippen molar-refractivity contribution < 1.29 is 14.0 Å². The standard InChI is InChI=1S/C16H14FNO2/c1-10-3-6-12(7-4-10)15(19)16(20)18-14-9-13(17)8-5-11(14)2/h3-9H,1-2H3,(H,18,20). The third-order valence-electron chi connectivity index (χ3n) is 2.97. The number of hydrogen-bond acceptors (Lipinski definition) is 2. The van der Waals surface area contributed by atoms with Gasteiger partial charge in [-0.15, -0.1) is 0 Å². The maximum Gasteiger partial charge on any atom is 0.296 e. The molecular weight excluding hydrogens is 257 g/mol. The zero-order valence-corrected chi connectivity index (χ0v) is 11.2. The molecule has 1 amide bonds. The molecule has 0 aliphatic carbocycles. The maximum absolute atomic E-state index is 13.1. The zero-order chi connectivity index (χ0) is 14.7. The van der Waals surface area contributed by atoms with E-state index in [2.05, 4.69) is 5.32 Å². The van der Waals surface area contributed by atoms with Crippen LogP contribution in [0.5, 0.6) is 0 Å². The number of Topliss-reactive ketones (excluding diaryl/α,β-unsaturated/α-hetero) is 1. The van der Waals surface area contributed by atoms with Crippen LogP contribution in [0, 0.1) is 19.7 Å². The van der Waals surface area contributed by atoms with Gasteiger partial charge in [0.2, 0.25) is 0 Å². The molecule has 0 spiro atoms. The minimum Gasteiger partial charge on any atom is -0.319 e. The fourth-order valence-corrected chi connectivity index (χ4v) is 1.74. The third-order valence-corrected chi connectivity index (χ3v) is 2.97. The second-order valence-corrected chi connectivity index (χ2v) is 4.61. The lowest BCUT2D eigenvalue weighted by molar-refractivity contribution is -0.112. The molecule has 0 aromatic heterocycles. The highest BCUT2D eigenvalue weighted by molar-refractivity contribution is 6.46. The molecule has 2 aromatic carbocycles. The summed E-state index contributed by atoms with van der Waals surface area (Å²) in [5, 5.41) is 2.44. The zero-order valence-electron chi connectivity index (χ0n) is 11.2. The second-order valence-electron chi connectivity index (χ2n) is 4.61. The summed E-state index contributed by atoms with van der Waals surface area (Å²) >= 11 is 0. The molecule has 1 N–H and O–H groups in total. The Bertz CT molecular complexity index is 663. The van der Waals surface area contributed by atoms with Gasteiger partial charge in [0, 0.05) is 11.3 Å². The van der Waals surface area contributed by atoms with Crippen molar-refractivity contribution in [3.8, 4) is 0 Å². The molecule has 0 heterocycles. The first-order valence-electron chi connectivity index (χ1n) is 6.16. The average Bonchev–Trinajstić information content (AvgIpc) is 2.43. The van der Waals surface area contributed by atoms with Gasteiger partial charge in [-0.3, -0.25) is 9.59 Å². The summed E-state index contributed by atoms with van der Waals surface area (Å²) < 4.78 is 13.1. The van der Waals surface area contributed by atoms with Crippen LogP contribution < -0.4 is 5.32 Å². The predicted octanol–water partition coefficient (Wildman–Crippen LogP) is 3.26. The van der Waals surface area contributed by atoms with Gasteiger partial charge in [0.05, 0.1) is 0 Å².